The first kappa shape index (κ1) is 21.4. The minimum atomic E-state index is -0.162. The van der Waals surface area contributed by atoms with Gasteiger partial charge in [0.15, 0.2) is 0 Å². The molecule has 4 rings (SSSR count). The van der Waals surface area contributed by atoms with Crippen LogP contribution in [0.15, 0.2) is 78.1 Å². The molecule has 162 valence electrons. The van der Waals surface area contributed by atoms with Gasteiger partial charge in [-0.05, 0) is 30.3 Å². The van der Waals surface area contributed by atoms with Crippen LogP contribution in [-0.4, -0.2) is 45.9 Å². The number of methoxy groups -OCH3 is 2. The minimum absolute atomic E-state index is 0.162. The molecule has 1 N–H and O–H groups in total. The Hall–Kier alpha value is -3.85. The van der Waals surface area contributed by atoms with Crippen molar-refractivity contribution in [2.75, 3.05) is 25.3 Å². The lowest BCUT2D eigenvalue weighted by Gasteiger charge is -2.09. The molecule has 0 atom stereocenters. The summed E-state index contributed by atoms with van der Waals surface area (Å²) in [5, 5.41) is 16.3. The van der Waals surface area contributed by atoms with E-state index in [4.69, 9.17) is 9.47 Å². The summed E-state index contributed by atoms with van der Waals surface area (Å²) in [5.41, 5.74) is 3.29. The van der Waals surface area contributed by atoms with E-state index < -0.39 is 0 Å². The SMILES string of the molecule is COc1cc(NC(=O)CSc2ccc(-c3ccc(-n4cccn4)cc3)nn2)cc(OC)c1. The number of hydrogen-bond acceptors (Lipinski definition) is 7. The Bertz CT molecular complexity index is 1160. The van der Waals surface area contributed by atoms with E-state index in [-0.39, 0.29) is 11.7 Å². The molecule has 4 aromatic rings. The number of thioether (sulfide) groups is 1. The number of ether oxygens (including phenoxy) is 2. The summed E-state index contributed by atoms with van der Waals surface area (Å²) in [6.07, 6.45) is 3.63. The monoisotopic (exact) mass is 447 g/mol. The molecule has 0 fully saturated rings. The maximum absolute atomic E-state index is 12.3. The van der Waals surface area contributed by atoms with Crippen LogP contribution in [0.4, 0.5) is 5.69 Å². The lowest BCUT2D eigenvalue weighted by atomic mass is 10.1. The van der Waals surface area contributed by atoms with Crippen LogP contribution in [0.5, 0.6) is 11.5 Å². The van der Waals surface area contributed by atoms with Crippen LogP contribution >= 0.6 is 11.8 Å². The summed E-state index contributed by atoms with van der Waals surface area (Å²) < 4.78 is 12.2. The van der Waals surface area contributed by atoms with Crippen LogP contribution < -0.4 is 14.8 Å². The maximum Gasteiger partial charge on any atom is 0.234 e. The van der Waals surface area contributed by atoms with Gasteiger partial charge in [0.25, 0.3) is 0 Å². The Kier molecular flexibility index (Phi) is 6.66. The van der Waals surface area contributed by atoms with Crippen molar-refractivity contribution in [3.63, 3.8) is 0 Å². The lowest BCUT2D eigenvalue weighted by molar-refractivity contribution is -0.113. The summed E-state index contributed by atoms with van der Waals surface area (Å²) >= 11 is 1.31. The number of nitrogens with one attached hydrogen (secondary N) is 1. The van der Waals surface area contributed by atoms with E-state index in [2.05, 4.69) is 20.6 Å². The molecule has 1 amide bonds. The first-order valence-electron chi connectivity index (χ1n) is 9.74. The van der Waals surface area contributed by atoms with Gasteiger partial charge in [-0.1, -0.05) is 23.9 Å². The molecule has 8 nitrogen and oxygen atoms in total. The summed E-state index contributed by atoms with van der Waals surface area (Å²) in [4.78, 5) is 12.3. The zero-order chi connectivity index (χ0) is 22.3. The first-order chi connectivity index (χ1) is 15.6. The normalized spacial score (nSPS) is 10.6. The van der Waals surface area contributed by atoms with Gasteiger partial charge in [0.05, 0.1) is 31.4 Å². The Balaban J connectivity index is 1.34. The highest BCUT2D eigenvalue weighted by atomic mass is 32.2. The van der Waals surface area contributed by atoms with Gasteiger partial charge in [-0.15, -0.1) is 10.2 Å². The topological polar surface area (TPSA) is 91.2 Å². The molecule has 0 aliphatic heterocycles. The molecule has 0 radical (unpaired) electrons. The van der Waals surface area contributed by atoms with Crippen LogP contribution in [0.1, 0.15) is 0 Å². The Labute approximate surface area is 189 Å². The van der Waals surface area contributed by atoms with Crippen LogP contribution in [0.25, 0.3) is 16.9 Å². The van der Waals surface area contributed by atoms with E-state index in [0.29, 0.717) is 22.2 Å². The summed E-state index contributed by atoms with van der Waals surface area (Å²) in [6.45, 7) is 0. The van der Waals surface area contributed by atoms with Crippen molar-refractivity contribution in [3.05, 3.63) is 73.1 Å². The van der Waals surface area contributed by atoms with Gasteiger partial charge in [0.2, 0.25) is 5.91 Å². The lowest BCUT2D eigenvalue weighted by Crippen LogP contribution is -2.14. The van der Waals surface area contributed by atoms with Crippen molar-refractivity contribution in [2.45, 2.75) is 5.03 Å². The highest BCUT2D eigenvalue weighted by molar-refractivity contribution is 7.99. The Morgan fingerprint density at radius 2 is 1.75 bits per heavy atom. The molecule has 2 aromatic heterocycles. The van der Waals surface area contributed by atoms with Gasteiger partial charge in [0.1, 0.15) is 16.5 Å². The molecule has 0 aliphatic carbocycles. The van der Waals surface area contributed by atoms with E-state index in [0.717, 1.165) is 16.9 Å². The first-order valence-corrected chi connectivity index (χ1v) is 10.7. The molecule has 0 spiro atoms. The third kappa shape index (κ3) is 5.25. The van der Waals surface area contributed by atoms with E-state index in [1.165, 1.54) is 11.8 Å². The number of hydrogen-bond donors (Lipinski definition) is 1. The summed E-state index contributed by atoms with van der Waals surface area (Å²) in [5.74, 6) is 1.25. The second-order valence-electron chi connectivity index (χ2n) is 6.69. The van der Waals surface area contributed by atoms with Crippen molar-refractivity contribution in [3.8, 4) is 28.4 Å². The van der Waals surface area contributed by atoms with Gasteiger partial charge in [0, 0.05) is 41.8 Å². The summed E-state index contributed by atoms with van der Waals surface area (Å²) in [6, 6.07) is 18.7. The van der Waals surface area contributed by atoms with Crippen molar-refractivity contribution >= 4 is 23.4 Å². The van der Waals surface area contributed by atoms with E-state index in [9.17, 15) is 4.79 Å². The number of amides is 1. The zero-order valence-corrected chi connectivity index (χ0v) is 18.4. The van der Waals surface area contributed by atoms with Crippen LogP contribution in [0.2, 0.25) is 0 Å². The van der Waals surface area contributed by atoms with E-state index in [1.807, 2.05) is 48.7 Å². The van der Waals surface area contributed by atoms with E-state index >= 15 is 0 Å². The zero-order valence-electron chi connectivity index (χ0n) is 17.6. The number of rotatable bonds is 8. The standard InChI is InChI=1S/C23H21N5O3S/c1-30-19-12-17(13-20(14-19)31-2)25-22(29)15-32-23-9-8-21(26-27-23)16-4-6-18(7-5-16)28-11-3-10-24-28/h3-14H,15H2,1-2H3,(H,25,29). The van der Waals surface area contributed by atoms with Gasteiger partial charge >= 0.3 is 0 Å². The average Bonchev–Trinajstić information content (AvgIpc) is 3.38. The molecule has 32 heavy (non-hydrogen) atoms. The van der Waals surface area contributed by atoms with Crippen molar-refractivity contribution in [1.82, 2.24) is 20.0 Å². The number of nitrogens with zero attached hydrogens (tertiary/aromatic N) is 4. The van der Waals surface area contributed by atoms with Crippen LogP contribution in [-0.2, 0) is 4.79 Å². The summed E-state index contributed by atoms with van der Waals surface area (Å²) in [7, 11) is 3.12. The molecule has 0 bridgehead atoms. The van der Waals surface area contributed by atoms with Gasteiger partial charge in [-0.2, -0.15) is 5.10 Å². The molecule has 2 heterocycles. The second kappa shape index (κ2) is 9.97. The fourth-order valence-electron chi connectivity index (χ4n) is 2.97. The highest BCUT2D eigenvalue weighted by Gasteiger charge is 2.09. The number of carbonyl (C=O) groups is 1. The van der Waals surface area contributed by atoms with Gasteiger partial charge in [-0.3, -0.25) is 4.79 Å². The number of aromatic nitrogens is 4. The number of benzene rings is 2. The van der Waals surface area contributed by atoms with Crippen LogP contribution in [0, 0.1) is 0 Å². The molecule has 0 saturated heterocycles. The van der Waals surface area contributed by atoms with Crippen molar-refractivity contribution in [2.24, 2.45) is 0 Å². The molecule has 9 heteroatoms. The fourth-order valence-corrected chi connectivity index (χ4v) is 3.59. The van der Waals surface area contributed by atoms with Gasteiger partial charge in [-0.25, -0.2) is 4.68 Å². The predicted octanol–water partition coefficient (Wildman–Crippen LogP) is 4.08. The third-order valence-corrected chi connectivity index (χ3v) is 5.48. The predicted molar refractivity (Wildman–Crippen MR) is 123 cm³/mol. The molecule has 2 aromatic carbocycles. The molecule has 0 unspecified atom stereocenters. The fraction of sp³-hybridized carbons (Fsp3) is 0.130. The quantitative estimate of drug-likeness (QED) is 0.407. The largest absolute Gasteiger partial charge is 0.497 e. The van der Waals surface area contributed by atoms with Gasteiger partial charge < -0.3 is 14.8 Å². The number of carbonyl (C=O) groups excluding carboxylic acids is 1. The Morgan fingerprint density at radius 1 is 1.00 bits per heavy atom. The highest BCUT2D eigenvalue weighted by Crippen LogP contribution is 2.26. The maximum atomic E-state index is 12.3. The molecule has 0 saturated carbocycles. The van der Waals surface area contributed by atoms with Crippen molar-refractivity contribution in [1.29, 1.82) is 0 Å². The van der Waals surface area contributed by atoms with E-state index in [1.54, 1.807) is 43.3 Å². The smallest absolute Gasteiger partial charge is 0.234 e. The third-order valence-electron chi connectivity index (χ3n) is 4.56. The number of anilines is 1. The minimum Gasteiger partial charge on any atom is -0.497 e. The molecule has 0 aliphatic rings. The Morgan fingerprint density at radius 3 is 2.34 bits per heavy atom. The second-order valence-corrected chi connectivity index (χ2v) is 7.69. The van der Waals surface area contributed by atoms with Crippen LogP contribution in [0.3, 0.4) is 0 Å². The van der Waals surface area contributed by atoms with Crippen molar-refractivity contribution < 1.29 is 14.3 Å². The molecular weight excluding hydrogens is 426 g/mol. The average molecular weight is 448 g/mol. The molecular formula is C23H21N5O3S.